The number of rotatable bonds is 10. The maximum atomic E-state index is 13.7. The molecule has 1 fully saturated rings. The van der Waals surface area contributed by atoms with Crippen LogP contribution in [-0.2, 0) is 40.1 Å². The number of ether oxygens (including phenoxy) is 2. The van der Waals surface area contributed by atoms with Crippen LogP contribution in [0.3, 0.4) is 0 Å². The van der Waals surface area contributed by atoms with E-state index >= 15 is 0 Å². The van der Waals surface area contributed by atoms with E-state index in [2.05, 4.69) is 10.1 Å². The molecule has 41 heavy (non-hydrogen) atoms. The van der Waals surface area contributed by atoms with Gasteiger partial charge in [-0.15, -0.1) is 0 Å². The number of fused-ring (bicyclic) bond motifs is 1. The van der Waals surface area contributed by atoms with Gasteiger partial charge in [-0.2, -0.15) is 26.3 Å². The number of benzene rings is 2. The Labute approximate surface area is 234 Å². The van der Waals surface area contributed by atoms with Crippen molar-refractivity contribution in [2.75, 3.05) is 13.2 Å². The second kappa shape index (κ2) is 11.2. The van der Waals surface area contributed by atoms with Gasteiger partial charge in [0.15, 0.2) is 0 Å². The van der Waals surface area contributed by atoms with Crippen molar-refractivity contribution in [3.63, 3.8) is 0 Å². The molecule has 1 saturated heterocycles. The molecule has 0 spiro atoms. The average molecular weight is 587 g/mol. The maximum absolute atomic E-state index is 13.7. The van der Waals surface area contributed by atoms with Crippen LogP contribution in [0.15, 0.2) is 36.4 Å². The maximum Gasteiger partial charge on any atom is 0.430 e. The zero-order valence-electron chi connectivity index (χ0n) is 23.0. The molecule has 0 bridgehead atoms. The lowest BCUT2D eigenvalue weighted by molar-refractivity contribution is -0.385. The van der Waals surface area contributed by atoms with Gasteiger partial charge >= 0.3 is 18.4 Å². The Morgan fingerprint density at radius 2 is 1.63 bits per heavy atom. The first-order valence-electron chi connectivity index (χ1n) is 13.5. The summed E-state index contributed by atoms with van der Waals surface area (Å²) in [6.07, 6.45) is -9.13. The summed E-state index contributed by atoms with van der Waals surface area (Å²) in [7, 11) is 0. The molecule has 224 valence electrons. The van der Waals surface area contributed by atoms with E-state index < -0.39 is 41.7 Å². The highest BCUT2D eigenvalue weighted by Gasteiger charge is 2.75. The Bertz CT molecular complexity index is 1280. The molecule has 0 aromatic heterocycles. The summed E-state index contributed by atoms with van der Waals surface area (Å²) >= 11 is 0. The van der Waals surface area contributed by atoms with Crippen LogP contribution >= 0.6 is 0 Å². The van der Waals surface area contributed by atoms with Crippen molar-refractivity contribution in [2.45, 2.75) is 83.0 Å². The van der Waals surface area contributed by atoms with Crippen molar-refractivity contribution < 1.29 is 45.4 Å². The van der Waals surface area contributed by atoms with Crippen LogP contribution in [0.25, 0.3) is 0 Å². The molecule has 2 heterocycles. The first-order chi connectivity index (χ1) is 19.2. The van der Waals surface area contributed by atoms with Gasteiger partial charge in [0.25, 0.3) is 11.5 Å². The minimum Gasteiger partial charge on any atom is -0.493 e. The minimum atomic E-state index is -5.70. The number of alkyl halides is 6. The van der Waals surface area contributed by atoms with Crippen molar-refractivity contribution in [2.24, 2.45) is 0 Å². The third kappa shape index (κ3) is 5.26. The summed E-state index contributed by atoms with van der Waals surface area (Å²) < 4.78 is 92.6. The quantitative estimate of drug-likeness (QED) is 0.192. The highest BCUT2D eigenvalue weighted by molar-refractivity contribution is 6.07. The first kappa shape index (κ1) is 30.7. The van der Waals surface area contributed by atoms with E-state index in [4.69, 9.17) is 4.74 Å². The number of carbonyl (C=O) groups is 2. The number of nitrogens with zero attached hydrogens (tertiary/aromatic N) is 1. The van der Waals surface area contributed by atoms with E-state index in [-0.39, 0.29) is 42.4 Å². The third-order valence-corrected chi connectivity index (χ3v) is 7.75. The predicted molar refractivity (Wildman–Crippen MR) is 137 cm³/mol. The van der Waals surface area contributed by atoms with Gasteiger partial charge in [0.05, 0.1) is 13.2 Å². The summed E-state index contributed by atoms with van der Waals surface area (Å²) in [4.78, 5) is 26.9. The van der Waals surface area contributed by atoms with E-state index in [1.807, 2.05) is 31.2 Å². The summed E-state index contributed by atoms with van der Waals surface area (Å²) in [5, 5.41) is 2.76. The van der Waals surface area contributed by atoms with Crippen LogP contribution in [-0.4, -0.2) is 42.3 Å². The zero-order chi connectivity index (χ0) is 30.2. The lowest BCUT2D eigenvalue weighted by Crippen LogP contribution is -2.53. The van der Waals surface area contributed by atoms with Gasteiger partial charge in [0.2, 0.25) is 0 Å². The van der Waals surface area contributed by atoms with Crippen LogP contribution in [0.2, 0.25) is 0 Å². The van der Waals surface area contributed by atoms with Crippen molar-refractivity contribution in [1.29, 1.82) is 0 Å². The zero-order valence-corrected chi connectivity index (χ0v) is 23.0. The SMILES string of the molecule is CCCc1c(OCCCCN2C(=O)NC(C)(c3ccc(CC)cc3)C2=O)ccc2c1COC2(C(F)(F)F)C(F)(F)F. The lowest BCUT2D eigenvalue weighted by Gasteiger charge is -2.33. The van der Waals surface area contributed by atoms with Crippen molar-refractivity contribution in [1.82, 2.24) is 10.2 Å². The molecule has 2 aliphatic rings. The largest absolute Gasteiger partial charge is 0.493 e. The monoisotopic (exact) mass is 586 g/mol. The fraction of sp³-hybridized carbons (Fsp3) is 0.517. The Balaban J connectivity index is 1.41. The van der Waals surface area contributed by atoms with E-state index in [1.54, 1.807) is 13.8 Å². The fourth-order valence-corrected chi connectivity index (χ4v) is 5.44. The molecule has 12 heteroatoms. The van der Waals surface area contributed by atoms with Crippen LogP contribution in [0, 0.1) is 0 Å². The Morgan fingerprint density at radius 1 is 0.976 bits per heavy atom. The number of halogens is 6. The highest BCUT2D eigenvalue weighted by Crippen LogP contribution is 2.58. The van der Waals surface area contributed by atoms with E-state index in [0.29, 0.717) is 24.8 Å². The summed E-state index contributed by atoms with van der Waals surface area (Å²) in [6, 6.07) is 8.83. The Morgan fingerprint density at radius 3 is 2.22 bits per heavy atom. The van der Waals surface area contributed by atoms with Crippen molar-refractivity contribution >= 4 is 11.9 Å². The first-order valence-corrected chi connectivity index (χ1v) is 13.5. The highest BCUT2D eigenvalue weighted by atomic mass is 19.4. The van der Waals surface area contributed by atoms with Gasteiger partial charge in [-0.05, 0) is 55.4 Å². The number of amides is 3. The van der Waals surface area contributed by atoms with Crippen LogP contribution in [0.4, 0.5) is 31.1 Å². The lowest BCUT2D eigenvalue weighted by atomic mass is 9.87. The number of unbranched alkanes of at least 4 members (excludes halogenated alkanes) is 1. The summed E-state index contributed by atoms with van der Waals surface area (Å²) in [6.45, 7) is 4.78. The molecule has 6 nitrogen and oxygen atoms in total. The van der Waals surface area contributed by atoms with Gasteiger partial charge in [0.1, 0.15) is 11.3 Å². The molecule has 0 radical (unpaired) electrons. The van der Waals surface area contributed by atoms with Crippen molar-refractivity contribution in [3.8, 4) is 5.75 Å². The number of aryl methyl sites for hydroxylation is 1. The van der Waals surface area contributed by atoms with Gasteiger partial charge in [-0.3, -0.25) is 9.69 Å². The molecule has 2 aromatic rings. The summed E-state index contributed by atoms with van der Waals surface area (Å²) in [5.41, 5.74) is -4.68. The van der Waals surface area contributed by atoms with E-state index in [1.165, 1.54) is 0 Å². The van der Waals surface area contributed by atoms with Gasteiger partial charge < -0.3 is 14.8 Å². The molecule has 0 saturated carbocycles. The molecule has 2 aliphatic heterocycles. The van der Waals surface area contributed by atoms with E-state index in [0.717, 1.165) is 29.0 Å². The van der Waals surface area contributed by atoms with Gasteiger partial charge in [-0.1, -0.05) is 50.6 Å². The molecule has 2 aromatic carbocycles. The molecule has 3 amide bonds. The molecular formula is C29H32F6N2O4. The fourth-order valence-electron chi connectivity index (χ4n) is 5.44. The van der Waals surface area contributed by atoms with Gasteiger partial charge in [-0.25, -0.2) is 4.79 Å². The molecule has 1 atom stereocenters. The predicted octanol–water partition coefficient (Wildman–Crippen LogP) is 6.68. The second-order valence-electron chi connectivity index (χ2n) is 10.4. The number of carbonyl (C=O) groups excluding carboxylic acids is 2. The average Bonchev–Trinajstić information content (AvgIpc) is 3.42. The standard InChI is InChI=1S/C29H32F6N2O4/c1-4-8-20-21-17-41-27(28(30,31)32,29(33,34)35)22(21)13-14-23(20)40-16-7-6-15-37-24(38)26(3,36-25(37)39)19-11-9-18(5-2)10-12-19/h9-14H,4-8,15-17H2,1-3H3,(H,36,39). The van der Waals surface area contributed by atoms with Crippen LogP contribution < -0.4 is 10.1 Å². The summed E-state index contributed by atoms with van der Waals surface area (Å²) in [5.74, 6) is -0.193. The smallest absolute Gasteiger partial charge is 0.430 e. The number of hydrogen-bond acceptors (Lipinski definition) is 4. The number of hydrogen-bond donors (Lipinski definition) is 1. The number of nitrogens with one attached hydrogen (secondary N) is 1. The Kier molecular flexibility index (Phi) is 8.37. The van der Waals surface area contributed by atoms with Crippen LogP contribution in [0.5, 0.6) is 5.75 Å². The molecular weight excluding hydrogens is 554 g/mol. The number of urea groups is 1. The Hall–Kier alpha value is -3.28. The molecule has 4 rings (SSSR count). The van der Waals surface area contributed by atoms with Gasteiger partial charge in [0, 0.05) is 17.7 Å². The van der Waals surface area contributed by atoms with Crippen molar-refractivity contribution in [3.05, 3.63) is 64.2 Å². The van der Waals surface area contributed by atoms with Crippen LogP contribution in [0.1, 0.15) is 67.9 Å². The molecule has 1 N–H and O–H groups in total. The number of imide groups is 1. The molecule has 1 unspecified atom stereocenters. The van der Waals surface area contributed by atoms with E-state index in [9.17, 15) is 35.9 Å². The topological polar surface area (TPSA) is 67.9 Å². The third-order valence-electron chi connectivity index (χ3n) is 7.75. The second-order valence-corrected chi connectivity index (χ2v) is 10.4. The normalized spacial score (nSPS) is 20.4. The minimum absolute atomic E-state index is 0.0828. The molecule has 0 aliphatic carbocycles.